The summed E-state index contributed by atoms with van der Waals surface area (Å²) in [5.74, 6) is 0.0470. The van der Waals surface area contributed by atoms with Crippen LogP contribution in [0.5, 0.6) is 0 Å². The third-order valence-corrected chi connectivity index (χ3v) is 2.87. The van der Waals surface area contributed by atoms with Crippen LogP contribution in [-0.4, -0.2) is 43.2 Å². The van der Waals surface area contributed by atoms with E-state index in [-0.39, 0.29) is 11.3 Å². The van der Waals surface area contributed by atoms with Gasteiger partial charge in [-0.1, -0.05) is 20.8 Å². The summed E-state index contributed by atoms with van der Waals surface area (Å²) in [6.07, 6.45) is 1.25. The molecule has 16 heavy (non-hydrogen) atoms. The molecule has 0 saturated carbocycles. The quantitative estimate of drug-likeness (QED) is 0.767. The molecule has 1 aliphatic rings. The van der Waals surface area contributed by atoms with E-state index in [0.29, 0.717) is 26.1 Å². The maximum atomic E-state index is 12.2. The highest BCUT2D eigenvalue weighted by atomic mass is 16.5. The molecule has 1 amide bonds. The Bertz CT molecular complexity index is 252. The van der Waals surface area contributed by atoms with E-state index in [2.05, 4.69) is 20.8 Å². The molecule has 0 radical (unpaired) electrons. The number of amides is 1. The van der Waals surface area contributed by atoms with Crippen molar-refractivity contribution in [1.29, 1.82) is 0 Å². The maximum absolute atomic E-state index is 12.2. The van der Waals surface area contributed by atoms with Gasteiger partial charge in [-0.15, -0.1) is 0 Å². The molecule has 0 aromatic heterocycles. The summed E-state index contributed by atoms with van der Waals surface area (Å²) >= 11 is 0. The van der Waals surface area contributed by atoms with Gasteiger partial charge in [0.2, 0.25) is 5.91 Å². The molecule has 0 aromatic carbocycles. The van der Waals surface area contributed by atoms with Crippen molar-refractivity contribution in [3.63, 3.8) is 0 Å². The molecule has 2 N–H and O–H groups in total. The molecule has 94 valence electrons. The lowest BCUT2D eigenvalue weighted by molar-refractivity contribution is -0.140. The minimum Gasteiger partial charge on any atom is -0.381 e. The standard InChI is InChI=1S/C12H24N2O2/c1-11(2,3)9-14(4)10(15)12(13)5-7-16-8-6-12/h5-9,13H2,1-4H3. The van der Waals surface area contributed by atoms with Crippen molar-refractivity contribution in [2.24, 2.45) is 11.1 Å². The third kappa shape index (κ3) is 3.46. The fraction of sp³-hybridized carbons (Fsp3) is 0.917. The first-order valence-electron chi connectivity index (χ1n) is 5.87. The van der Waals surface area contributed by atoms with E-state index in [0.717, 1.165) is 6.54 Å². The van der Waals surface area contributed by atoms with Crippen molar-refractivity contribution in [2.45, 2.75) is 39.2 Å². The highest BCUT2D eigenvalue weighted by molar-refractivity contribution is 5.86. The molecule has 1 saturated heterocycles. The van der Waals surface area contributed by atoms with Crippen LogP contribution in [0.15, 0.2) is 0 Å². The molecular formula is C12H24N2O2. The fourth-order valence-corrected chi connectivity index (χ4v) is 2.11. The van der Waals surface area contributed by atoms with Crippen molar-refractivity contribution < 1.29 is 9.53 Å². The van der Waals surface area contributed by atoms with Gasteiger partial charge in [0, 0.05) is 26.8 Å². The Kier molecular flexibility index (Phi) is 3.97. The van der Waals surface area contributed by atoms with Crippen LogP contribution in [0.1, 0.15) is 33.6 Å². The lowest BCUT2D eigenvalue weighted by atomic mass is 9.88. The van der Waals surface area contributed by atoms with E-state index in [1.165, 1.54) is 0 Å². The van der Waals surface area contributed by atoms with Crippen LogP contribution in [0.2, 0.25) is 0 Å². The van der Waals surface area contributed by atoms with Crippen molar-refractivity contribution in [1.82, 2.24) is 4.90 Å². The number of rotatable bonds is 2. The first-order chi connectivity index (χ1) is 7.25. The predicted molar refractivity (Wildman–Crippen MR) is 64.1 cm³/mol. The Morgan fingerprint density at radius 1 is 1.38 bits per heavy atom. The molecule has 0 bridgehead atoms. The van der Waals surface area contributed by atoms with Gasteiger partial charge < -0.3 is 15.4 Å². The van der Waals surface area contributed by atoms with Crippen molar-refractivity contribution in [3.05, 3.63) is 0 Å². The Morgan fingerprint density at radius 3 is 2.31 bits per heavy atom. The fourth-order valence-electron chi connectivity index (χ4n) is 2.11. The van der Waals surface area contributed by atoms with Crippen LogP contribution in [0, 0.1) is 5.41 Å². The zero-order chi connectivity index (χ0) is 12.4. The summed E-state index contributed by atoms with van der Waals surface area (Å²) in [4.78, 5) is 14.0. The molecule has 4 heteroatoms. The second-order valence-corrected chi connectivity index (χ2v) is 5.99. The summed E-state index contributed by atoms with van der Waals surface area (Å²) < 4.78 is 5.24. The number of ether oxygens (including phenoxy) is 1. The molecule has 4 nitrogen and oxygen atoms in total. The van der Waals surface area contributed by atoms with Crippen LogP contribution in [0.25, 0.3) is 0 Å². The molecular weight excluding hydrogens is 204 g/mol. The summed E-state index contributed by atoms with van der Waals surface area (Å²) in [5.41, 5.74) is 5.54. The van der Waals surface area contributed by atoms with Gasteiger partial charge in [0.05, 0.1) is 5.54 Å². The minimum absolute atomic E-state index is 0.0470. The summed E-state index contributed by atoms with van der Waals surface area (Å²) in [6, 6.07) is 0. The van der Waals surface area contributed by atoms with Crippen molar-refractivity contribution in [3.8, 4) is 0 Å². The van der Waals surface area contributed by atoms with Gasteiger partial charge in [-0.3, -0.25) is 4.79 Å². The second-order valence-electron chi connectivity index (χ2n) is 5.99. The Morgan fingerprint density at radius 2 is 1.88 bits per heavy atom. The molecule has 1 fully saturated rings. The summed E-state index contributed by atoms with van der Waals surface area (Å²) in [6.45, 7) is 8.25. The van der Waals surface area contributed by atoms with Crippen LogP contribution in [-0.2, 0) is 9.53 Å². The first kappa shape index (κ1) is 13.5. The van der Waals surface area contributed by atoms with Crippen LogP contribution < -0.4 is 5.73 Å². The van der Waals surface area contributed by atoms with Crippen LogP contribution >= 0.6 is 0 Å². The normalized spacial score (nSPS) is 20.6. The smallest absolute Gasteiger partial charge is 0.242 e. The Hall–Kier alpha value is -0.610. The largest absolute Gasteiger partial charge is 0.381 e. The molecule has 0 unspecified atom stereocenters. The van der Waals surface area contributed by atoms with E-state index in [4.69, 9.17) is 10.5 Å². The van der Waals surface area contributed by atoms with E-state index in [1.807, 2.05) is 7.05 Å². The van der Waals surface area contributed by atoms with Crippen molar-refractivity contribution >= 4 is 5.91 Å². The molecule has 0 aromatic rings. The predicted octanol–water partition coefficient (Wildman–Crippen LogP) is 0.999. The minimum atomic E-state index is -0.710. The van der Waals surface area contributed by atoms with Gasteiger partial charge in [-0.05, 0) is 18.3 Å². The van der Waals surface area contributed by atoms with Crippen molar-refractivity contribution in [2.75, 3.05) is 26.8 Å². The SMILES string of the molecule is CN(CC(C)(C)C)C(=O)C1(N)CCOCC1. The third-order valence-electron chi connectivity index (χ3n) is 2.87. The summed E-state index contributed by atoms with van der Waals surface area (Å²) in [5, 5.41) is 0. The van der Waals surface area contributed by atoms with Gasteiger partial charge in [0.15, 0.2) is 0 Å². The number of carbonyl (C=O) groups excluding carboxylic acids is 1. The first-order valence-corrected chi connectivity index (χ1v) is 5.87. The number of hydrogen-bond donors (Lipinski definition) is 1. The molecule has 0 spiro atoms. The molecule has 1 heterocycles. The zero-order valence-electron chi connectivity index (χ0n) is 10.9. The molecule has 1 aliphatic heterocycles. The Labute approximate surface area is 98.1 Å². The van der Waals surface area contributed by atoms with E-state index in [9.17, 15) is 4.79 Å². The number of likely N-dealkylation sites (N-methyl/N-ethyl adjacent to an activating group) is 1. The van der Waals surface area contributed by atoms with E-state index < -0.39 is 5.54 Å². The average molecular weight is 228 g/mol. The molecule has 0 atom stereocenters. The topological polar surface area (TPSA) is 55.6 Å². The maximum Gasteiger partial charge on any atom is 0.242 e. The molecule has 0 aliphatic carbocycles. The highest BCUT2D eigenvalue weighted by Crippen LogP contribution is 2.22. The number of nitrogens with two attached hydrogens (primary N) is 1. The summed E-state index contributed by atoms with van der Waals surface area (Å²) in [7, 11) is 1.83. The van der Waals surface area contributed by atoms with Crippen LogP contribution in [0.3, 0.4) is 0 Å². The number of hydrogen-bond acceptors (Lipinski definition) is 3. The zero-order valence-corrected chi connectivity index (χ0v) is 10.9. The van der Waals surface area contributed by atoms with Gasteiger partial charge in [-0.25, -0.2) is 0 Å². The average Bonchev–Trinajstić information content (AvgIpc) is 2.15. The number of nitrogens with zero attached hydrogens (tertiary/aromatic N) is 1. The molecule has 1 rings (SSSR count). The van der Waals surface area contributed by atoms with Gasteiger partial charge in [-0.2, -0.15) is 0 Å². The van der Waals surface area contributed by atoms with E-state index in [1.54, 1.807) is 4.90 Å². The monoisotopic (exact) mass is 228 g/mol. The van der Waals surface area contributed by atoms with Gasteiger partial charge in [0.25, 0.3) is 0 Å². The van der Waals surface area contributed by atoms with E-state index >= 15 is 0 Å². The highest BCUT2D eigenvalue weighted by Gasteiger charge is 2.38. The Balaban J connectivity index is 2.62. The van der Waals surface area contributed by atoms with Crippen LogP contribution in [0.4, 0.5) is 0 Å². The van der Waals surface area contributed by atoms with Gasteiger partial charge >= 0.3 is 0 Å². The van der Waals surface area contributed by atoms with Gasteiger partial charge in [0.1, 0.15) is 0 Å². The lowest BCUT2D eigenvalue weighted by Crippen LogP contribution is -2.58. The number of carbonyl (C=O) groups is 1. The lowest BCUT2D eigenvalue weighted by Gasteiger charge is -2.37. The second kappa shape index (κ2) is 4.72.